The van der Waals surface area contributed by atoms with Crippen molar-refractivity contribution < 1.29 is 9.13 Å². The fourth-order valence-corrected chi connectivity index (χ4v) is 1.69. The summed E-state index contributed by atoms with van der Waals surface area (Å²) in [6.45, 7) is 5.58. The standard InChI is InChI=1S/C15H18FN3O/c1-3-8-17-10-12-5-7-15(19-18-12)20-14-9-11(2)4-6-13(14)16/h4-7,9,17H,3,8,10H2,1-2H3. The van der Waals surface area contributed by atoms with Gasteiger partial charge in [-0.1, -0.05) is 13.0 Å². The first-order valence-corrected chi connectivity index (χ1v) is 6.66. The lowest BCUT2D eigenvalue weighted by molar-refractivity contribution is 0.420. The number of halogens is 1. The van der Waals surface area contributed by atoms with Crippen LogP contribution >= 0.6 is 0 Å². The Kier molecular flexibility index (Phi) is 5.01. The number of aryl methyl sites for hydroxylation is 1. The summed E-state index contributed by atoms with van der Waals surface area (Å²) < 4.78 is 19.0. The third-order valence-corrected chi connectivity index (χ3v) is 2.73. The van der Waals surface area contributed by atoms with Gasteiger partial charge in [-0.15, -0.1) is 5.10 Å². The summed E-state index contributed by atoms with van der Waals surface area (Å²) in [6.07, 6.45) is 1.07. The minimum Gasteiger partial charge on any atom is -0.434 e. The first-order chi connectivity index (χ1) is 9.69. The minimum atomic E-state index is -0.411. The van der Waals surface area contributed by atoms with E-state index in [-0.39, 0.29) is 11.6 Å². The molecule has 20 heavy (non-hydrogen) atoms. The summed E-state index contributed by atoms with van der Waals surface area (Å²) in [5, 5.41) is 11.2. The summed E-state index contributed by atoms with van der Waals surface area (Å²) in [5.74, 6) is 0.0380. The van der Waals surface area contributed by atoms with Crippen molar-refractivity contribution in [3.63, 3.8) is 0 Å². The van der Waals surface area contributed by atoms with Crippen molar-refractivity contribution in [1.82, 2.24) is 15.5 Å². The maximum atomic E-state index is 13.6. The van der Waals surface area contributed by atoms with Crippen LogP contribution in [0.2, 0.25) is 0 Å². The summed E-state index contributed by atoms with van der Waals surface area (Å²) in [6, 6.07) is 8.21. The Morgan fingerprint density at radius 1 is 1.20 bits per heavy atom. The maximum Gasteiger partial charge on any atom is 0.239 e. The van der Waals surface area contributed by atoms with Crippen LogP contribution in [0.4, 0.5) is 4.39 Å². The smallest absolute Gasteiger partial charge is 0.239 e. The molecule has 4 nitrogen and oxygen atoms in total. The van der Waals surface area contributed by atoms with Gasteiger partial charge >= 0.3 is 0 Å². The van der Waals surface area contributed by atoms with E-state index in [0.717, 1.165) is 24.2 Å². The van der Waals surface area contributed by atoms with E-state index in [0.29, 0.717) is 6.54 Å². The van der Waals surface area contributed by atoms with Gasteiger partial charge in [0.05, 0.1) is 5.69 Å². The number of nitrogens with zero attached hydrogens (tertiary/aromatic N) is 2. The fourth-order valence-electron chi connectivity index (χ4n) is 1.69. The second-order valence-electron chi connectivity index (χ2n) is 4.58. The molecule has 2 rings (SSSR count). The lowest BCUT2D eigenvalue weighted by atomic mass is 10.2. The lowest BCUT2D eigenvalue weighted by Crippen LogP contribution is -2.15. The van der Waals surface area contributed by atoms with Crippen LogP contribution in [-0.4, -0.2) is 16.7 Å². The zero-order valence-corrected chi connectivity index (χ0v) is 11.7. The molecule has 1 aromatic carbocycles. The average Bonchev–Trinajstić information content (AvgIpc) is 2.45. The molecular formula is C15H18FN3O. The van der Waals surface area contributed by atoms with Gasteiger partial charge in [0.25, 0.3) is 0 Å². The maximum absolute atomic E-state index is 13.6. The van der Waals surface area contributed by atoms with Crippen LogP contribution < -0.4 is 10.1 Å². The molecule has 1 N–H and O–H groups in total. The van der Waals surface area contributed by atoms with E-state index in [1.807, 2.05) is 13.0 Å². The number of hydrogen-bond donors (Lipinski definition) is 1. The average molecular weight is 275 g/mol. The molecule has 0 aliphatic heterocycles. The molecule has 1 heterocycles. The molecule has 0 aliphatic carbocycles. The largest absolute Gasteiger partial charge is 0.434 e. The number of hydrogen-bond acceptors (Lipinski definition) is 4. The van der Waals surface area contributed by atoms with Crippen molar-refractivity contribution in [2.45, 2.75) is 26.8 Å². The molecule has 0 fully saturated rings. The first kappa shape index (κ1) is 14.4. The monoisotopic (exact) mass is 275 g/mol. The third kappa shape index (κ3) is 3.99. The molecule has 0 unspecified atom stereocenters. The molecule has 0 atom stereocenters. The van der Waals surface area contributed by atoms with Crippen LogP contribution in [0.3, 0.4) is 0 Å². The predicted octanol–water partition coefficient (Wildman–Crippen LogP) is 3.22. The molecule has 0 aliphatic rings. The second-order valence-corrected chi connectivity index (χ2v) is 4.58. The highest BCUT2D eigenvalue weighted by Crippen LogP contribution is 2.23. The summed E-state index contributed by atoms with van der Waals surface area (Å²) in [4.78, 5) is 0. The number of nitrogens with one attached hydrogen (secondary N) is 1. The Bertz CT molecular complexity index is 558. The molecule has 0 radical (unpaired) electrons. The minimum absolute atomic E-state index is 0.163. The van der Waals surface area contributed by atoms with Gasteiger partial charge < -0.3 is 10.1 Å². The quantitative estimate of drug-likeness (QED) is 0.822. The third-order valence-electron chi connectivity index (χ3n) is 2.73. The van der Waals surface area contributed by atoms with E-state index in [1.165, 1.54) is 6.07 Å². The lowest BCUT2D eigenvalue weighted by Gasteiger charge is -2.07. The number of aromatic nitrogens is 2. The molecule has 0 bridgehead atoms. The first-order valence-electron chi connectivity index (χ1n) is 6.66. The van der Waals surface area contributed by atoms with Gasteiger partial charge in [-0.05, 0) is 43.7 Å². The molecule has 0 amide bonds. The normalized spacial score (nSPS) is 10.6. The van der Waals surface area contributed by atoms with Gasteiger partial charge in [-0.3, -0.25) is 0 Å². The molecule has 0 spiro atoms. The van der Waals surface area contributed by atoms with Crippen molar-refractivity contribution in [2.24, 2.45) is 0 Å². The van der Waals surface area contributed by atoms with E-state index >= 15 is 0 Å². The van der Waals surface area contributed by atoms with E-state index in [4.69, 9.17) is 4.74 Å². The van der Waals surface area contributed by atoms with Crippen molar-refractivity contribution in [3.8, 4) is 11.6 Å². The topological polar surface area (TPSA) is 47.0 Å². The number of rotatable bonds is 6. The van der Waals surface area contributed by atoms with Crippen molar-refractivity contribution >= 4 is 0 Å². The van der Waals surface area contributed by atoms with Gasteiger partial charge in [0.15, 0.2) is 11.6 Å². The molecule has 106 valence electrons. The Balaban J connectivity index is 2.01. The Morgan fingerprint density at radius 2 is 2.05 bits per heavy atom. The predicted molar refractivity (Wildman–Crippen MR) is 75.2 cm³/mol. The van der Waals surface area contributed by atoms with E-state index in [9.17, 15) is 4.39 Å². The van der Waals surface area contributed by atoms with E-state index < -0.39 is 5.82 Å². The number of ether oxygens (including phenoxy) is 1. The molecule has 0 saturated heterocycles. The van der Waals surface area contributed by atoms with Gasteiger partial charge in [0, 0.05) is 12.6 Å². The summed E-state index contributed by atoms with van der Waals surface area (Å²) in [7, 11) is 0. The molecule has 2 aromatic rings. The zero-order chi connectivity index (χ0) is 14.4. The SMILES string of the molecule is CCCNCc1ccc(Oc2cc(C)ccc2F)nn1. The molecule has 5 heteroatoms. The van der Waals surface area contributed by atoms with Crippen LogP contribution in [0.1, 0.15) is 24.6 Å². The van der Waals surface area contributed by atoms with Crippen LogP contribution in [0.25, 0.3) is 0 Å². The summed E-state index contributed by atoms with van der Waals surface area (Å²) >= 11 is 0. The highest BCUT2D eigenvalue weighted by atomic mass is 19.1. The summed E-state index contributed by atoms with van der Waals surface area (Å²) in [5.41, 5.74) is 1.75. The Morgan fingerprint density at radius 3 is 2.75 bits per heavy atom. The Hall–Kier alpha value is -2.01. The fraction of sp³-hybridized carbons (Fsp3) is 0.333. The molecule has 1 aromatic heterocycles. The zero-order valence-electron chi connectivity index (χ0n) is 11.7. The van der Waals surface area contributed by atoms with Gasteiger partial charge in [-0.25, -0.2) is 4.39 Å². The van der Waals surface area contributed by atoms with Gasteiger partial charge in [0.2, 0.25) is 5.88 Å². The van der Waals surface area contributed by atoms with Crippen molar-refractivity contribution in [2.75, 3.05) is 6.54 Å². The van der Waals surface area contributed by atoms with Crippen LogP contribution in [0, 0.1) is 12.7 Å². The van der Waals surface area contributed by atoms with E-state index in [1.54, 1.807) is 18.2 Å². The highest BCUT2D eigenvalue weighted by Gasteiger charge is 2.06. The highest BCUT2D eigenvalue weighted by molar-refractivity contribution is 5.32. The van der Waals surface area contributed by atoms with Gasteiger partial charge in [0.1, 0.15) is 0 Å². The van der Waals surface area contributed by atoms with Crippen LogP contribution in [0.15, 0.2) is 30.3 Å². The van der Waals surface area contributed by atoms with Crippen LogP contribution in [0.5, 0.6) is 11.6 Å². The molecular weight excluding hydrogens is 257 g/mol. The van der Waals surface area contributed by atoms with Crippen molar-refractivity contribution in [3.05, 3.63) is 47.4 Å². The molecule has 0 saturated carbocycles. The van der Waals surface area contributed by atoms with Crippen LogP contribution in [-0.2, 0) is 6.54 Å². The van der Waals surface area contributed by atoms with E-state index in [2.05, 4.69) is 22.4 Å². The number of benzene rings is 1. The van der Waals surface area contributed by atoms with Crippen molar-refractivity contribution in [1.29, 1.82) is 0 Å². The Labute approximate surface area is 118 Å². The second kappa shape index (κ2) is 6.96. The van der Waals surface area contributed by atoms with Gasteiger partial charge in [-0.2, -0.15) is 5.10 Å².